The molecule has 1 heterocycles. The molecule has 4 nitrogen and oxygen atoms in total. The zero-order chi connectivity index (χ0) is 9.52. The summed E-state index contributed by atoms with van der Waals surface area (Å²) in [5, 5.41) is 0. The molecular weight excluding hydrogens is 166 g/mol. The Kier molecular flexibility index (Phi) is 5.31. The first-order valence-electron chi connectivity index (χ1n) is 5.09. The molecule has 1 aliphatic rings. The number of ether oxygens (including phenoxy) is 1. The van der Waals surface area contributed by atoms with Crippen molar-refractivity contribution in [3.8, 4) is 0 Å². The van der Waals surface area contributed by atoms with E-state index in [1.165, 1.54) is 0 Å². The van der Waals surface area contributed by atoms with Crippen molar-refractivity contribution in [2.24, 2.45) is 5.73 Å². The van der Waals surface area contributed by atoms with E-state index in [0.717, 1.165) is 52.6 Å². The summed E-state index contributed by atoms with van der Waals surface area (Å²) in [6.07, 6.45) is 0. The third-order valence-corrected chi connectivity index (χ3v) is 2.39. The monoisotopic (exact) mass is 187 g/mol. The van der Waals surface area contributed by atoms with E-state index in [1.54, 1.807) is 0 Å². The van der Waals surface area contributed by atoms with E-state index >= 15 is 0 Å². The number of rotatable bonds is 5. The standard InChI is InChI=1S/C9H21N3O/c1-2-13-9-12-7-5-11(4-3-10)6-8-12/h2-10H2,1H3. The molecule has 0 radical (unpaired) electrons. The molecule has 0 aliphatic carbocycles. The second kappa shape index (κ2) is 6.32. The molecule has 0 bridgehead atoms. The van der Waals surface area contributed by atoms with Crippen LogP contribution >= 0.6 is 0 Å². The van der Waals surface area contributed by atoms with Crippen molar-refractivity contribution in [1.29, 1.82) is 0 Å². The average Bonchev–Trinajstić information content (AvgIpc) is 2.17. The summed E-state index contributed by atoms with van der Waals surface area (Å²) >= 11 is 0. The normalized spacial score (nSPS) is 20.8. The van der Waals surface area contributed by atoms with Crippen LogP contribution in [0, 0.1) is 0 Å². The highest BCUT2D eigenvalue weighted by atomic mass is 16.5. The van der Waals surface area contributed by atoms with E-state index < -0.39 is 0 Å². The molecule has 1 fully saturated rings. The third kappa shape index (κ3) is 4.04. The molecule has 4 heteroatoms. The molecule has 0 atom stereocenters. The van der Waals surface area contributed by atoms with E-state index in [9.17, 15) is 0 Å². The number of hydrogen-bond donors (Lipinski definition) is 1. The molecule has 78 valence electrons. The van der Waals surface area contributed by atoms with Crippen LogP contribution in [0.25, 0.3) is 0 Å². The van der Waals surface area contributed by atoms with Crippen LogP contribution in [-0.2, 0) is 4.74 Å². The Morgan fingerprint density at radius 2 is 1.77 bits per heavy atom. The highest BCUT2D eigenvalue weighted by molar-refractivity contribution is 4.69. The van der Waals surface area contributed by atoms with Crippen molar-refractivity contribution in [2.75, 3.05) is 52.6 Å². The lowest BCUT2D eigenvalue weighted by molar-refractivity contribution is 0.00794. The maximum atomic E-state index is 5.49. The van der Waals surface area contributed by atoms with Gasteiger partial charge in [0.1, 0.15) is 0 Å². The zero-order valence-electron chi connectivity index (χ0n) is 8.54. The number of piperazine rings is 1. The first-order chi connectivity index (χ1) is 6.36. The molecule has 0 unspecified atom stereocenters. The van der Waals surface area contributed by atoms with Crippen LogP contribution in [0.5, 0.6) is 0 Å². The molecule has 13 heavy (non-hydrogen) atoms. The van der Waals surface area contributed by atoms with Gasteiger partial charge in [0, 0.05) is 45.9 Å². The van der Waals surface area contributed by atoms with Crippen molar-refractivity contribution >= 4 is 0 Å². The minimum atomic E-state index is 0.769. The van der Waals surface area contributed by atoms with Gasteiger partial charge in [0.2, 0.25) is 0 Å². The second-order valence-electron chi connectivity index (χ2n) is 3.37. The fourth-order valence-electron chi connectivity index (χ4n) is 1.54. The summed E-state index contributed by atoms with van der Waals surface area (Å²) in [5.74, 6) is 0. The van der Waals surface area contributed by atoms with E-state index in [2.05, 4.69) is 9.80 Å². The first kappa shape index (κ1) is 10.9. The lowest BCUT2D eigenvalue weighted by Gasteiger charge is -2.33. The lowest BCUT2D eigenvalue weighted by atomic mass is 10.3. The Bertz CT molecular complexity index is 124. The Morgan fingerprint density at radius 3 is 2.31 bits per heavy atom. The van der Waals surface area contributed by atoms with E-state index in [1.807, 2.05) is 6.92 Å². The predicted octanol–water partition coefficient (Wildman–Crippen LogP) is -0.443. The van der Waals surface area contributed by atoms with Gasteiger partial charge >= 0.3 is 0 Å². The summed E-state index contributed by atoms with van der Waals surface area (Å²) in [5.41, 5.74) is 5.49. The maximum Gasteiger partial charge on any atom is 0.0990 e. The molecule has 1 rings (SSSR count). The summed E-state index contributed by atoms with van der Waals surface area (Å²) < 4.78 is 5.35. The van der Waals surface area contributed by atoms with Crippen LogP contribution in [0.4, 0.5) is 0 Å². The van der Waals surface area contributed by atoms with Gasteiger partial charge in [-0.05, 0) is 6.92 Å². The van der Waals surface area contributed by atoms with Crippen molar-refractivity contribution in [3.05, 3.63) is 0 Å². The van der Waals surface area contributed by atoms with E-state index in [4.69, 9.17) is 10.5 Å². The summed E-state index contributed by atoms with van der Waals surface area (Å²) in [6, 6.07) is 0. The molecule has 1 saturated heterocycles. The van der Waals surface area contributed by atoms with Gasteiger partial charge in [0.15, 0.2) is 0 Å². The Hall–Kier alpha value is -0.160. The van der Waals surface area contributed by atoms with Crippen LogP contribution in [0.1, 0.15) is 6.92 Å². The molecular formula is C9H21N3O. The maximum absolute atomic E-state index is 5.49. The average molecular weight is 187 g/mol. The van der Waals surface area contributed by atoms with Gasteiger partial charge in [0.25, 0.3) is 0 Å². The Morgan fingerprint density at radius 1 is 1.15 bits per heavy atom. The number of nitrogens with zero attached hydrogens (tertiary/aromatic N) is 2. The minimum absolute atomic E-state index is 0.769. The topological polar surface area (TPSA) is 41.7 Å². The van der Waals surface area contributed by atoms with Gasteiger partial charge in [-0.3, -0.25) is 9.80 Å². The third-order valence-electron chi connectivity index (χ3n) is 2.39. The summed E-state index contributed by atoms with van der Waals surface area (Å²) in [7, 11) is 0. The van der Waals surface area contributed by atoms with Gasteiger partial charge in [-0.1, -0.05) is 0 Å². The number of nitrogens with two attached hydrogens (primary N) is 1. The number of hydrogen-bond acceptors (Lipinski definition) is 4. The summed E-state index contributed by atoms with van der Waals surface area (Å²) in [6.45, 7) is 9.91. The fraction of sp³-hybridized carbons (Fsp3) is 1.00. The van der Waals surface area contributed by atoms with Gasteiger partial charge in [0.05, 0.1) is 6.73 Å². The second-order valence-corrected chi connectivity index (χ2v) is 3.37. The minimum Gasteiger partial charge on any atom is -0.366 e. The van der Waals surface area contributed by atoms with Crippen LogP contribution in [-0.4, -0.2) is 62.4 Å². The van der Waals surface area contributed by atoms with Crippen molar-refractivity contribution in [3.63, 3.8) is 0 Å². The van der Waals surface area contributed by atoms with Gasteiger partial charge in [-0.25, -0.2) is 0 Å². The van der Waals surface area contributed by atoms with Crippen molar-refractivity contribution in [2.45, 2.75) is 6.92 Å². The molecule has 0 saturated carbocycles. The molecule has 0 amide bonds. The molecule has 0 spiro atoms. The SMILES string of the molecule is CCOCN1CCN(CCN)CC1. The quantitative estimate of drug-likeness (QED) is 0.633. The molecule has 0 aromatic heterocycles. The van der Waals surface area contributed by atoms with Gasteiger partial charge in [-0.2, -0.15) is 0 Å². The molecule has 0 aromatic rings. The Balaban J connectivity index is 2.08. The smallest absolute Gasteiger partial charge is 0.0990 e. The van der Waals surface area contributed by atoms with Crippen LogP contribution in [0.3, 0.4) is 0 Å². The largest absolute Gasteiger partial charge is 0.366 e. The predicted molar refractivity (Wildman–Crippen MR) is 53.6 cm³/mol. The highest BCUT2D eigenvalue weighted by Gasteiger charge is 2.15. The van der Waals surface area contributed by atoms with E-state index in [0.29, 0.717) is 0 Å². The van der Waals surface area contributed by atoms with E-state index in [-0.39, 0.29) is 0 Å². The zero-order valence-corrected chi connectivity index (χ0v) is 8.54. The van der Waals surface area contributed by atoms with Crippen molar-refractivity contribution in [1.82, 2.24) is 9.80 Å². The fourth-order valence-corrected chi connectivity index (χ4v) is 1.54. The van der Waals surface area contributed by atoms with Crippen LogP contribution in [0.15, 0.2) is 0 Å². The highest BCUT2D eigenvalue weighted by Crippen LogP contribution is 2.00. The molecule has 2 N–H and O–H groups in total. The van der Waals surface area contributed by atoms with Crippen LogP contribution < -0.4 is 5.73 Å². The Labute approximate surface area is 80.6 Å². The lowest BCUT2D eigenvalue weighted by Crippen LogP contribution is -2.48. The molecule has 1 aliphatic heterocycles. The van der Waals surface area contributed by atoms with Gasteiger partial charge < -0.3 is 10.5 Å². The van der Waals surface area contributed by atoms with Crippen LogP contribution in [0.2, 0.25) is 0 Å². The van der Waals surface area contributed by atoms with Crippen molar-refractivity contribution < 1.29 is 4.74 Å². The summed E-state index contributed by atoms with van der Waals surface area (Å²) in [4.78, 5) is 4.75. The molecule has 0 aromatic carbocycles. The van der Waals surface area contributed by atoms with Gasteiger partial charge in [-0.15, -0.1) is 0 Å². The first-order valence-corrected chi connectivity index (χ1v) is 5.09.